The molecule has 0 saturated carbocycles. The van der Waals surface area contributed by atoms with Gasteiger partial charge in [-0.15, -0.1) is 22.7 Å². The second kappa shape index (κ2) is 5.38. The Bertz CT molecular complexity index is 574. The third kappa shape index (κ3) is 2.91. The van der Waals surface area contributed by atoms with Gasteiger partial charge in [0.25, 0.3) is 5.91 Å². The molecule has 96 valence electrons. The molecule has 18 heavy (non-hydrogen) atoms. The number of amides is 1. The maximum absolute atomic E-state index is 12.0. The standard InChI is InChI=1S/C12H13ClN2OS2/c1-6(2)14-11(16)10-7(3)15-12(18-10)8-4-5-9(13)17-8/h4-6H,1-3H3,(H,14,16). The molecule has 0 saturated heterocycles. The molecule has 1 amide bonds. The highest BCUT2D eigenvalue weighted by Gasteiger charge is 2.17. The van der Waals surface area contributed by atoms with E-state index in [-0.39, 0.29) is 11.9 Å². The van der Waals surface area contributed by atoms with Crippen molar-refractivity contribution in [3.8, 4) is 9.88 Å². The zero-order valence-corrected chi connectivity index (χ0v) is 12.7. The summed E-state index contributed by atoms with van der Waals surface area (Å²) in [5.41, 5.74) is 0.762. The van der Waals surface area contributed by atoms with E-state index >= 15 is 0 Å². The van der Waals surface area contributed by atoms with E-state index in [1.165, 1.54) is 22.7 Å². The Balaban J connectivity index is 2.29. The van der Waals surface area contributed by atoms with Crippen LogP contribution in [0.15, 0.2) is 12.1 Å². The van der Waals surface area contributed by atoms with Crippen LogP contribution in [0.2, 0.25) is 4.34 Å². The van der Waals surface area contributed by atoms with Gasteiger partial charge in [-0.05, 0) is 32.9 Å². The predicted molar refractivity (Wildman–Crippen MR) is 77.8 cm³/mol. The largest absolute Gasteiger partial charge is 0.349 e. The molecule has 1 N–H and O–H groups in total. The molecular weight excluding hydrogens is 288 g/mol. The number of carbonyl (C=O) groups is 1. The molecule has 2 rings (SSSR count). The summed E-state index contributed by atoms with van der Waals surface area (Å²) >= 11 is 8.78. The maximum Gasteiger partial charge on any atom is 0.263 e. The van der Waals surface area contributed by atoms with Crippen molar-refractivity contribution in [3.63, 3.8) is 0 Å². The van der Waals surface area contributed by atoms with E-state index in [1.807, 2.05) is 32.9 Å². The minimum absolute atomic E-state index is 0.0612. The Morgan fingerprint density at radius 1 is 1.39 bits per heavy atom. The normalized spacial score (nSPS) is 10.9. The van der Waals surface area contributed by atoms with Gasteiger partial charge >= 0.3 is 0 Å². The fourth-order valence-corrected chi connectivity index (χ4v) is 3.54. The Kier molecular flexibility index (Phi) is 4.04. The highest BCUT2D eigenvalue weighted by molar-refractivity contribution is 7.24. The van der Waals surface area contributed by atoms with Crippen molar-refractivity contribution < 1.29 is 4.79 Å². The van der Waals surface area contributed by atoms with Crippen molar-refractivity contribution in [2.24, 2.45) is 0 Å². The average Bonchev–Trinajstić information content (AvgIpc) is 2.83. The van der Waals surface area contributed by atoms with Crippen LogP contribution >= 0.6 is 34.3 Å². The number of aromatic nitrogens is 1. The monoisotopic (exact) mass is 300 g/mol. The zero-order valence-electron chi connectivity index (χ0n) is 10.3. The van der Waals surface area contributed by atoms with Crippen LogP contribution in [-0.2, 0) is 0 Å². The summed E-state index contributed by atoms with van der Waals surface area (Å²) in [7, 11) is 0. The Morgan fingerprint density at radius 2 is 2.11 bits per heavy atom. The number of hydrogen-bond acceptors (Lipinski definition) is 4. The molecule has 2 aromatic rings. The van der Waals surface area contributed by atoms with Gasteiger partial charge in [0, 0.05) is 6.04 Å². The first-order chi connectivity index (χ1) is 8.47. The summed E-state index contributed by atoms with van der Waals surface area (Å²) in [5.74, 6) is -0.0612. The van der Waals surface area contributed by atoms with Crippen LogP contribution in [0.25, 0.3) is 9.88 Å². The van der Waals surface area contributed by atoms with Crippen LogP contribution in [0.5, 0.6) is 0 Å². The molecule has 0 aromatic carbocycles. The van der Waals surface area contributed by atoms with Crippen LogP contribution in [0, 0.1) is 6.92 Å². The van der Waals surface area contributed by atoms with Crippen molar-refractivity contribution in [2.75, 3.05) is 0 Å². The van der Waals surface area contributed by atoms with Crippen molar-refractivity contribution in [2.45, 2.75) is 26.8 Å². The molecule has 0 unspecified atom stereocenters. The van der Waals surface area contributed by atoms with E-state index in [4.69, 9.17) is 11.6 Å². The highest BCUT2D eigenvalue weighted by atomic mass is 35.5. The third-order valence-corrected chi connectivity index (χ3v) is 4.76. The smallest absolute Gasteiger partial charge is 0.263 e. The SMILES string of the molecule is Cc1nc(-c2ccc(Cl)s2)sc1C(=O)NC(C)C. The van der Waals surface area contributed by atoms with Crippen LogP contribution < -0.4 is 5.32 Å². The van der Waals surface area contributed by atoms with Crippen molar-refractivity contribution in [3.05, 3.63) is 27.0 Å². The number of thiazole rings is 1. The van der Waals surface area contributed by atoms with Gasteiger partial charge in [-0.25, -0.2) is 4.98 Å². The lowest BCUT2D eigenvalue weighted by molar-refractivity contribution is 0.0946. The van der Waals surface area contributed by atoms with E-state index in [0.717, 1.165) is 19.9 Å². The highest BCUT2D eigenvalue weighted by Crippen LogP contribution is 2.34. The second-order valence-corrected chi connectivity index (χ2v) is 6.88. The number of hydrogen-bond donors (Lipinski definition) is 1. The van der Waals surface area contributed by atoms with Crippen LogP contribution in [0.1, 0.15) is 29.2 Å². The van der Waals surface area contributed by atoms with Crippen molar-refractivity contribution >= 4 is 40.2 Å². The lowest BCUT2D eigenvalue weighted by Gasteiger charge is -2.06. The Labute approximate surface area is 119 Å². The van der Waals surface area contributed by atoms with Gasteiger partial charge in [-0.1, -0.05) is 11.6 Å². The Morgan fingerprint density at radius 3 is 2.67 bits per heavy atom. The first-order valence-corrected chi connectivity index (χ1v) is 7.52. The first-order valence-electron chi connectivity index (χ1n) is 5.51. The molecule has 2 aromatic heterocycles. The zero-order chi connectivity index (χ0) is 13.3. The molecule has 0 bridgehead atoms. The molecule has 0 aliphatic heterocycles. The van der Waals surface area contributed by atoms with Gasteiger partial charge in [0.15, 0.2) is 0 Å². The lowest BCUT2D eigenvalue weighted by Crippen LogP contribution is -2.29. The number of thiophene rings is 1. The number of carbonyl (C=O) groups excluding carboxylic acids is 1. The maximum atomic E-state index is 12.0. The minimum Gasteiger partial charge on any atom is -0.349 e. The fourth-order valence-electron chi connectivity index (χ4n) is 1.47. The first kappa shape index (κ1) is 13.5. The Hall–Kier alpha value is -0.910. The number of aryl methyl sites for hydroxylation is 1. The average molecular weight is 301 g/mol. The molecule has 0 atom stereocenters. The van der Waals surface area contributed by atoms with Gasteiger partial charge in [-0.3, -0.25) is 4.79 Å². The number of rotatable bonds is 3. The van der Waals surface area contributed by atoms with Crippen LogP contribution in [0.4, 0.5) is 0 Å². The predicted octanol–water partition coefficient (Wildman–Crippen LogP) is 3.97. The molecule has 0 aliphatic rings. The summed E-state index contributed by atoms with van der Waals surface area (Å²) in [6.07, 6.45) is 0. The molecule has 6 heteroatoms. The lowest BCUT2D eigenvalue weighted by atomic mass is 10.3. The summed E-state index contributed by atoms with van der Waals surface area (Å²) in [6.45, 7) is 5.73. The minimum atomic E-state index is -0.0612. The van der Waals surface area contributed by atoms with E-state index < -0.39 is 0 Å². The molecule has 0 aliphatic carbocycles. The van der Waals surface area contributed by atoms with E-state index in [0.29, 0.717) is 4.88 Å². The summed E-state index contributed by atoms with van der Waals surface area (Å²) in [4.78, 5) is 18.1. The molecule has 0 fully saturated rings. The second-order valence-electron chi connectivity index (χ2n) is 4.17. The molecule has 3 nitrogen and oxygen atoms in total. The fraction of sp³-hybridized carbons (Fsp3) is 0.333. The number of nitrogens with zero attached hydrogens (tertiary/aromatic N) is 1. The number of nitrogens with one attached hydrogen (secondary N) is 1. The van der Waals surface area contributed by atoms with Crippen molar-refractivity contribution in [1.29, 1.82) is 0 Å². The molecule has 2 heterocycles. The topological polar surface area (TPSA) is 42.0 Å². The molecular formula is C12H13ClN2OS2. The quantitative estimate of drug-likeness (QED) is 0.932. The van der Waals surface area contributed by atoms with Crippen LogP contribution in [0.3, 0.4) is 0 Å². The van der Waals surface area contributed by atoms with E-state index in [1.54, 1.807) is 0 Å². The van der Waals surface area contributed by atoms with Gasteiger partial charge < -0.3 is 5.32 Å². The van der Waals surface area contributed by atoms with Gasteiger partial charge in [0.2, 0.25) is 0 Å². The summed E-state index contributed by atoms with van der Waals surface area (Å²) < 4.78 is 0.728. The number of halogens is 1. The van der Waals surface area contributed by atoms with Crippen molar-refractivity contribution in [1.82, 2.24) is 10.3 Å². The third-order valence-electron chi connectivity index (χ3n) is 2.21. The summed E-state index contributed by atoms with van der Waals surface area (Å²) in [5, 5.41) is 3.72. The summed E-state index contributed by atoms with van der Waals surface area (Å²) in [6, 6.07) is 3.89. The van der Waals surface area contributed by atoms with Gasteiger partial charge in [0.1, 0.15) is 9.88 Å². The van der Waals surface area contributed by atoms with Gasteiger partial charge in [0.05, 0.1) is 14.9 Å². The molecule has 0 radical (unpaired) electrons. The van der Waals surface area contributed by atoms with E-state index in [9.17, 15) is 4.79 Å². The van der Waals surface area contributed by atoms with Crippen LogP contribution in [-0.4, -0.2) is 16.9 Å². The molecule has 0 spiro atoms. The van der Waals surface area contributed by atoms with E-state index in [2.05, 4.69) is 10.3 Å². The van der Waals surface area contributed by atoms with Gasteiger partial charge in [-0.2, -0.15) is 0 Å².